The summed E-state index contributed by atoms with van der Waals surface area (Å²) in [4.78, 5) is 13.8. The van der Waals surface area contributed by atoms with Crippen LogP contribution in [0.15, 0.2) is 18.2 Å². The van der Waals surface area contributed by atoms with Gasteiger partial charge in [-0.25, -0.2) is 0 Å². The van der Waals surface area contributed by atoms with Gasteiger partial charge in [-0.3, -0.25) is 4.79 Å². The molecule has 4 N–H and O–H groups in total. The Labute approximate surface area is 99.5 Å². The second kappa shape index (κ2) is 4.63. The van der Waals surface area contributed by atoms with Crippen molar-refractivity contribution < 1.29 is 15.0 Å². The third-order valence-corrected chi connectivity index (χ3v) is 3.12. The largest absolute Gasteiger partial charge is 0.508 e. The van der Waals surface area contributed by atoms with Gasteiger partial charge in [0.05, 0.1) is 18.2 Å². The number of anilines is 1. The van der Waals surface area contributed by atoms with Crippen LogP contribution in [0.5, 0.6) is 5.75 Å². The summed E-state index contributed by atoms with van der Waals surface area (Å²) in [6.07, 6.45) is 1.69. The molecule has 0 bridgehead atoms. The van der Waals surface area contributed by atoms with E-state index in [1.54, 1.807) is 4.90 Å². The summed E-state index contributed by atoms with van der Waals surface area (Å²) in [5.41, 5.74) is 6.36. The lowest BCUT2D eigenvalue weighted by molar-refractivity contribution is 0.0678. The van der Waals surface area contributed by atoms with Gasteiger partial charge in [0.1, 0.15) is 5.75 Å². The molecule has 0 aromatic heterocycles. The number of nitrogens with zero attached hydrogens (tertiary/aromatic N) is 1. The van der Waals surface area contributed by atoms with Gasteiger partial charge in [0.2, 0.25) is 0 Å². The van der Waals surface area contributed by atoms with E-state index in [1.807, 2.05) is 0 Å². The number of aromatic hydroxyl groups is 1. The first-order valence-corrected chi connectivity index (χ1v) is 5.64. The average molecular weight is 236 g/mol. The molecule has 1 amide bonds. The predicted molar refractivity (Wildman–Crippen MR) is 63.7 cm³/mol. The van der Waals surface area contributed by atoms with E-state index in [0.717, 1.165) is 12.8 Å². The fourth-order valence-electron chi connectivity index (χ4n) is 2.18. The number of likely N-dealkylation sites (tertiary alicyclic amines) is 1. The molecule has 92 valence electrons. The van der Waals surface area contributed by atoms with Gasteiger partial charge in [-0.1, -0.05) is 0 Å². The summed E-state index contributed by atoms with van der Waals surface area (Å²) in [5, 5.41) is 18.6. The van der Waals surface area contributed by atoms with Gasteiger partial charge >= 0.3 is 0 Å². The molecule has 1 heterocycles. The van der Waals surface area contributed by atoms with Crippen LogP contribution in [0.2, 0.25) is 0 Å². The molecule has 1 saturated heterocycles. The molecular formula is C12H16N2O3. The number of carbonyl (C=O) groups is 1. The zero-order chi connectivity index (χ0) is 12.4. The third-order valence-electron chi connectivity index (χ3n) is 3.12. The minimum absolute atomic E-state index is 0.0160. The van der Waals surface area contributed by atoms with Crippen molar-refractivity contribution in [2.24, 2.45) is 0 Å². The molecule has 1 atom stereocenters. The Morgan fingerprint density at radius 1 is 1.53 bits per heavy atom. The van der Waals surface area contributed by atoms with Gasteiger partial charge in [0.15, 0.2) is 0 Å². The Balaban J connectivity index is 2.27. The summed E-state index contributed by atoms with van der Waals surface area (Å²) < 4.78 is 0. The second-order valence-corrected chi connectivity index (χ2v) is 4.25. The molecule has 1 fully saturated rings. The number of nitrogen functional groups attached to an aromatic ring is 1. The first-order chi connectivity index (χ1) is 8.13. The molecule has 1 aliphatic rings. The number of carbonyl (C=O) groups excluding carboxylic acids is 1. The Bertz CT molecular complexity index is 434. The zero-order valence-electron chi connectivity index (χ0n) is 9.47. The maximum absolute atomic E-state index is 12.2. The van der Waals surface area contributed by atoms with Crippen molar-refractivity contribution in [3.05, 3.63) is 23.8 Å². The zero-order valence-corrected chi connectivity index (χ0v) is 9.47. The monoisotopic (exact) mass is 236 g/mol. The van der Waals surface area contributed by atoms with Gasteiger partial charge in [-0.05, 0) is 31.0 Å². The van der Waals surface area contributed by atoms with Gasteiger partial charge in [0.25, 0.3) is 5.91 Å². The lowest BCUT2D eigenvalue weighted by atomic mass is 10.1. The first kappa shape index (κ1) is 11.7. The van der Waals surface area contributed by atoms with Crippen LogP contribution in [-0.4, -0.2) is 40.2 Å². The van der Waals surface area contributed by atoms with E-state index in [-0.39, 0.29) is 24.3 Å². The van der Waals surface area contributed by atoms with Crippen molar-refractivity contribution in [1.82, 2.24) is 4.90 Å². The van der Waals surface area contributed by atoms with Crippen LogP contribution in [0.1, 0.15) is 23.2 Å². The van der Waals surface area contributed by atoms with Crippen LogP contribution >= 0.6 is 0 Å². The van der Waals surface area contributed by atoms with Crippen LogP contribution in [0, 0.1) is 0 Å². The van der Waals surface area contributed by atoms with Gasteiger partial charge in [-0.15, -0.1) is 0 Å². The molecule has 5 nitrogen and oxygen atoms in total. The van der Waals surface area contributed by atoms with Crippen LogP contribution in [0.4, 0.5) is 5.69 Å². The minimum Gasteiger partial charge on any atom is -0.508 e. The smallest absolute Gasteiger partial charge is 0.256 e. The van der Waals surface area contributed by atoms with E-state index >= 15 is 0 Å². The van der Waals surface area contributed by atoms with Crippen molar-refractivity contribution in [2.45, 2.75) is 18.9 Å². The maximum atomic E-state index is 12.2. The van der Waals surface area contributed by atoms with E-state index < -0.39 is 0 Å². The average Bonchev–Trinajstić information content (AvgIpc) is 2.79. The Kier molecular flexibility index (Phi) is 3.19. The highest BCUT2D eigenvalue weighted by Gasteiger charge is 2.29. The summed E-state index contributed by atoms with van der Waals surface area (Å²) in [6, 6.07) is 4.18. The molecule has 0 spiro atoms. The van der Waals surface area contributed by atoms with Gasteiger partial charge in [0, 0.05) is 12.2 Å². The van der Waals surface area contributed by atoms with Crippen LogP contribution < -0.4 is 5.73 Å². The highest BCUT2D eigenvalue weighted by molar-refractivity contribution is 5.99. The lowest BCUT2D eigenvalue weighted by Gasteiger charge is -2.23. The number of rotatable bonds is 2. The molecule has 0 unspecified atom stereocenters. The first-order valence-electron chi connectivity index (χ1n) is 5.64. The number of aliphatic hydroxyl groups excluding tert-OH is 1. The Morgan fingerprint density at radius 2 is 2.29 bits per heavy atom. The highest BCUT2D eigenvalue weighted by Crippen LogP contribution is 2.24. The van der Waals surface area contributed by atoms with E-state index in [1.165, 1.54) is 18.2 Å². The molecular weight excluding hydrogens is 220 g/mol. The van der Waals surface area contributed by atoms with Crippen molar-refractivity contribution >= 4 is 11.6 Å². The van der Waals surface area contributed by atoms with Crippen LogP contribution in [0.3, 0.4) is 0 Å². The maximum Gasteiger partial charge on any atom is 0.256 e. The fourth-order valence-corrected chi connectivity index (χ4v) is 2.18. The number of phenols is 1. The fraction of sp³-hybridized carbons (Fsp3) is 0.417. The number of hydrogen-bond donors (Lipinski definition) is 3. The Morgan fingerprint density at radius 3 is 3.00 bits per heavy atom. The number of amides is 1. The number of aliphatic hydroxyl groups is 1. The second-order valence-electron chi connectivity index (χ2n) is 4.25. The highest BCUT2D eigenvalue weighted by atomic mass is 16.3. The number of phenolic OH excluding ortho intramolecular Hbond substituents is 1. The predicted octanol–water partition coefficient (Wildman–Crippen LogP) is 0.571. The Hall–Kier alpha value is -1.75. The third kappa shape index (κ3) is 2.19. The normalized spacial score (nSPS) is 19.6. The molecule has 1 aromatic rings. The lowest BCUT2D eigenvalue weighted by Crippen LogP contribution is -2.37. The number of benzene rings is 1. The molecule has 1 aliphatic heterocycles. The molecule has 0 saturated carbocycles. The summed E-state index contributed by atoms with van der Waals surface area (Å²) in [7, 11) is 0. The van der Waals surface area contributed by atoms with Crippen LogP contribution in [-0.2, 0) is 0 Å². The standard InChI is InChI=1S/C12H16N2O3/c13-11-4-3-9(16)6-10(11)12(17)14-5-1-2-8(14)7-15/h3-4,6,8,15-16H,1-2,5,7,13H2/t8-/m0/s1. The van der Waals surface area contributed by atoms with E-state index in [9.17, 15) is 15.0 Å². The van der Waals surface area contributed by atoms with E-state index in [4.69, 9.17) is 5.73 Å². The SMILES string of the molecule is Nc1ccc(O)cc1C(=O)N1CCC[C@H]1CO. The van der Waals surface area contributed by atoms with E-state index in [0.29, 0.717) is 17.8 Å². The molecule has 5 heteroatoms. The van der Waals surface area contributed by atoms with Gasteiger partial charge < -0.3 is 20.8 Å². The van der Waals surface area contributed by atoms with Crippen molar-refractivity contribution in [2.75, 3.05) is 18.9 Å². The summed E-state index contributed by atoms with van der Waals surface area (Å²) in [5.74, 6) is -0.211. The quantitative estimate of drug-likeness (QED) is 0.517. The van der Waals surface area contributed by atoms with Crippen molar-refractivity contribution in [1.29, 1.82) is 0 Å². The van der Waals surface area contributed by atoms with Crippen molar-refractivity contribution in [3.8, 4) is 5.75 Å². The number of nitrogens with two attached hydrogens (primary N) is 1. The number of hydrogen-bond acceptors (Lipinski definition) is 4. The summed E-state index contributed by atoms with van der Waals surface area (Å²) >= 11 is 0. The van der Waals surface area contributed by atoms with E-state index in [2.05, 4.69) is 0 Å². The molecule has 0 aliphatic carbocycles. The minimum atomic E-state index is -0.227. The van der Waals surface area contributed by atoms with Crippen molar-refractivity contribution in [3.63, 3.8) is 0 Å². The molecule has 0 radical (unpaired) electrons. The summed E-state index contributed by atoms with van der Waals surface area (Å²) in [6.45, 7) is 0.587. The van der Waals surface area contributed by atoms with Crippen LogP contribution in [0.25, 0.3) is 0 Å². The van der Waals surface area contributed by atoms with Gasteiger partial charge in [-0.2, -0.15) is 0 Å². The topological polar surface area (TPSA) is 86.8 Å². The molecule has 1 aromatic carbocycles. The molecule has 17 heavy (non-hydrogen) atoms. The molecule has 2 rings (SSSR count).